The Morgan fingerprint density at radius 1 is 1.32 bits per heavy atom. The molecule has 4 heteroatoms. The number of carbonyl (C=O) groups excluding carboxylic acids is 1. The molecule has 0 aromatic heterocycles. The zero-order valence-electron chi connectivity index (χ0n) is 10.7. The van der Waals surface area contributed by atoms with Crippen molar-refractivity contribution in [2.75, 3.05) is 0 Å². The molecule has 1 amide bonds. The maximum Gasteiger partial charge on any atom is 0.248 e. The lowest BCUT2D eigenvalue weighted by molar-refractivity contribution is -0.114. The summed E-state index contributed by atoms with van der Waals surface area (Å²) in [6, 6.07) is 5.52. The summed E-state index contributed by atoms with van der Waals surface area (Å²) < 4.78 is 0. The van der Waals surface area contributed by atoms with Gasteiger partial charge >= 0.3 is 0 Å². The van der Waals surface area contributed by atoms with Gasteiger partial charge in [0.2, 0.25) is 5.91 Å². The fourth-order valence-corrected chi connectivity index (χ4v) is 2.77. The van der Waals surface area contributed by atoms with E-state index in [9.17, 15) is 4.79 Å². The molecule has 2 nitrogen and oxygen atoms in total. The van der Waals surface area contributed by atoms with Gasteiger partial charge in [-0.05, 0) is 42.5 Å². The van der Waals surface area contributed by atoms with Crippen LogP contribution in [0, 0.1) is 0 Å². The Morgan fingerprint density at radius 3 is 2.68 bits per heavy atom. The maximum atomic E-state index is 11.5. The fourth-order valence-electron chi connectivity index (χ4n) is 2.35. The first-order chi connectivity index (χ1) is 9.04. The zero-order chi connectivity index (χ0) is 14.0. The molecule has 0 unspecified atom stereocenters. The predicted octanol–water partition coefficient (Wildman–Crippen LogP) is 4.36. The standard InChI is InChI=1S/C15H15Cl2NO/c1-2-9-6-7-10(8-12(9)15(18)19)11-4-3-5-13(16)14(11)17/h3-5,8H,2,6-7H2,1H3,(H2,18,19). The SMILES string of the molecule is CCC1=C(C(N)=O)C=C(c2cccc(Cl)c2Cl)CC1. The van der Waals surface area contributed by atoms with E-state index in [4.69, 9.17) is 28.9 Å². The van der Waals surface area contributed by atoms with E-state index < -0.39 is 0 Å². The topological polar surface area (TPSA) is 43.1 Å². The van der Waals surface area contributed by atoms with Crippen LogP contribution in [0.15, 0.2) is 35.4 Å². The number of primary amides is 1. The molecule has 19 heavy (non-hydrogen) atoms. The van der Waals surface area contributed by atoms with Gasteiger partial charge in [0.15, 0.2) is 0 Å². The fraction of sp³-hybridized carbons (Fsp3) is 0.267. The molecule has 0 atom stereocenters. The molecule has 1 aromatic rings. The van der Waals surface area contributed by atoms with Gasteiger partial charge in [-0.1, -0.05) is 47.8 Å². The Bertz CT molecular complexity index is 588. The summed E-state index contributed by atoms with van der Waals surface area (Å²) in [4.78, 5) is 11.5. The van der Waals surface area contributed by atoms with E-state index in [1.54, 1.807) is 6.07 Å². The van der Waals surface area contributed by atoms with Gasteiger partial charge in [0, 0.05) is 5.57 Å². The van der Waals surface area contributed by atoms with Gasteiger partial charge in [0.25, 0.3) is 0 Å². The lowest BCUT2D eigenvalue weighted by Gasteiger charge is -2.19. The highest BCUT2D eigenvalue weighted by Gasteiger charge is 2.18. The van der Waals surface area contributed by atoms with Crippen molar-refractivity contribution in [2.24, 2.45) is 5.73 Å². The van der Waals surface area contributed by atoms with E-state index in [0.717, 1.165) is 36.0 Å². The Labute approximate surface area is 122 Å². The minimum atomic E-state index is -0.382. The normalized spacial score (nSPS) is 15.4. The Balaban J connectivity index is 2.50. The van der Waals surface area contributed by atoms with Crippen molar-refractivity contribution in [1.29, 1.82) is 0 Å². The number of hydrogen-bond donors (Lipinski definition) is 1. The summed E-state index contributed by atoms with van der Waals surface area (Å²) in [5.41, 5.74) is 9.05. The van der Waals surface area contributed by atoms with Crippen LogP contribution in [-0.4, -0.2) is 5.91 Å². The summed E-state index contributed by atoms with van der Waals surface area (Å²) in [6.45, 7) is 2.03. The van der Waals surface area contributed by atoms with Crippen LogP contribution >= 0.6 is 23.2 Å². The third-order valence-corrected chi connectivity index (χ3v) is 4.20. The number of rotatable bonds is 3. The van der Waals surface area contributed by atoms with Crippen molar-refractivity contribution in [1.82, 2.24) is 0 Å². The highest BCUT2D eigenvalue weighted by molar-refractivity contribution is 6.43. The second kappa shape index (κ2) is 5.81. The highest BCUT2D eigenvalue weighted by atomic mass is 35.5. The third kappa shape index (κ3) is 2.85. The smallest absolute Gasteiger partial charge is 0.248 e. The number of amides is 1. The van der Waals surface area contributed by atoms with E-state index in [-0.39, 0.29) is 5.91 Å². The molecule has 0 bridgehead atoms. The minimum absolute atomic E-state index is 0.382. The van der Waals surface area contributed by atoms with E-state index >= 15 is 0 Å². The number of nitrogens with two attached hydrogens (primary N) is 1. The molecule has 0 spiro atoms. The van der Waals surface area contributed by atoms with Crippen molar-refractivity contribution >= 4 is 34.7 Å². The van der Waals surface area contributed by atoms with Crippen LogP contribution in [0.2, 0.25) is 10.0 Å². The van der Waals surface area contributed by atoms with Crippen LogP contribution in [0.4, 0.5) is 0 Å². The van der Waals surface area contributed by atoms with Crippen LogP contribution in [0.5, 0.6) is 0 Å². The molecule has 0 saturated heterocycles. The van der Waals surface area contributed by atoms with Crippen molar-refractivity contribution in [3.8, 4) is 0 Å². The summed E-state index contributed by atoms with van der Waals surface area (Å²) in [6.07, 6.45) is 4.37. The second-order valence-corrected chi connectivity index (χ2v) is 5.29. The molecule has 0 heterocycles. The predicted molar refractivity (Wildman–Crippen MR) is 80.2 cm³/mol. The number of halogens is 2. The molecular formula is C15H15Cl2NO. The number of carbonyl (C=O) groups is 1. The van der Waals surface area contributed by atoms with Crippen molar-refractivity contribution in [2.45, 2.75) is 26.2 Å². The molecule has 2 N–H and O–H groups in total. The monoisotopic (exact) mass is 295 g/mol. The molecule has 2 rings (SSSR count). The third-order valence-electron chi connectivity index (χ3n) is 3.39. The first kappa shape index (κ1) is 14.2. The summed E-state index contributed by atoms with van der Waals surface area (Å²) in [5, 5.41) is 1.05. The van der Waals surface area contributed by atoms with Crippen LogP contribution in [0.3, 0.4) is 0 Å². The lowest BCUT2D eigenvalue weighted by atomic mass is 9.87. The zero-order valence-corrected chi connectivity index (χ0v) is 12.2. The van der Waals surface area contributed by atoms with E-state index in [1.807, 2.05) is 25.1 Å². The molecule has 100 valence electrons. The largest absolute Gasteiger partial charge is 0.366 e. The molecule has 1 aromatic carbocycles. The van der Waals surface area contributed by atoms with Gasteiger partial charge in [-0.25, -0.2) is 0 Å². The molecule has 1 aliphatic rings. The average Bonchev–Trinajstić information content (AvgIpc) is 2.41. The molecule has 0 fully saturated rings. The van der Waals surface area contributed by atoms with Gasteiger partial charge in [-0.3, -0.25) is 4.79 Å². The first-order valence-electron chi connectivity index (χ1n) is 6.21. The number of hydrogen-bond acceptors (Lipinski definition) is 1. The van der Waals surface area contributed by atoms with Crippen LogP contribution in [-0.2, 0) is 4.79 Å². The van der Waals surface area contributed by atoms with Gasteiger partial charge < -0.3 is 5.73 Å². The number of benzene rings is 1. The quantitative estimate of drug-likeness (QED) is 0.884. The van der Waals surface area contributed by atoms with Gasteiger partial charge in [-0.2, -0.15) is 0 Å². The lowest BCUT2D eigenvalue weighted by Crippen LogP contribution is -2.17. The van der Waals surface area contributed by atoms with E-state index in [2.05, 4.69) is 0 Å². The van der Waals surface area contributed by atoms with Crippen molar-refractivity contribution in [3.63, 3.8) is 0 Å². The first-order valence-corrected chi connectivity index (χ1v) is 6.97. The summed E-state index contributed by atoms with van der Waals surface area (Å²) in [5.74, 6) is -0.382. The van der Waals surface area contributed by atoms with E-state index in [1.165, 1.54) is 0 Å². The van der Waals surface area contributed by atoms with E-state index in [0.29, 0.717) is 15.6 Å². The molecule has 0 saturated carbocycles. The van der Waals surface area contributed by atoms with Crippen LogP contribution < -0.4 is 5.73 Å². The summed E-state index contributed by atoms with van der Waals surface area (Å²) in [7, 11) is 0. The molecule has 1 aliphatic carbocycles. The molecule has 0 aliphatic heterocycles. The Hall–Kier alpha value is -1.25. The maximum absolute atomic E-state index is 11.5. The van der Waals surface area contributed by atoms with Crippen LogP contribution in [0.1, 0.15) is 31.7 Å². The van der Waals surface area contributed by atoms with Gasteiger partial charge in [-0.15, -0.1) is 0 Å². The highest BCUT2D eigenvalue weighted by Crippen LogP contribution is 2.37. The van der Waals surface area contributed by atoms with Gasteiger partial charge in [0.05, 0.1) is 10.0 Å². The molecular weight excluding hydrogens is 281 g/mol. The Morgan fingerprint density at radius 2 is 2.05 bits per heavy atom. The molecule has 0 radical (unpaired) electrons. The number of allylic oxidation sites excluding steroid dienone is 2. The average molecular weight is 296 g/mol. The van der Waals surface area contributed by atoms with Gasteiger partial charge in [0.1, 0.15) is 0 Å². The van der Waals surface area contributed by atoms with Crippen molar-refractivity contribution < 1.29 is 4.79 Å². The Kier molecular flexibility index (Phi) is 4.33. The van der Waals surface area contributed by atoms with Crippen molar-refractivity contribution in [3.05, 3.63) is 51.0 Å². The minimum Gasteiger partial charge on any atom is -0.366 e. The second-order valence-electron chi connectivity index (χ2n) is 4.51. The summed E-state index contributed by atoms with van der Waals surface area (Å²) >= 11 is 12.2. The van der Waals surface area contributed by atoms with Crippen LogP contribution in [0.25, 0.3) is 5.57 Å².